The zero-order valence-electron chi connectivity index (χ0n) is 15.0. The summed E-state index contributed by atoms with van der Waals surface area (Å²) in [7, 11) is 0. The van der Waals surface area contributed by atoms with Crippen LogP contribution in [0.5, 0.6) is 0 Å². The first-order valence-corrected chi connectivity index (χ1v) is 9.36. The van der Waals surface area contributed by atoms with Crippen LogP contribution in [0.3, 0.4) is 0 Å². The number of aryl methyl sites for hydroxylation is 2. The highest BCUT2D eigenvalue weighted by Crippen LogP contribution is 2.26. The van der Waals surface area contributed by atoms with E-state index in [1.807, 2.05) is 0 Å². The molecule has 0 radical (unpaired) electrons. The summed E-state index contributed by atoms with van der Waals surface area (Å²) in [6.45, 7) is 2.82. The Hall–Kier alpha value is -3.10. The van der Waals surface area contributed by atoms with Gasteiger partial charge in [-0.1, -0.05) is 0 Å². The van der Waals surface area contributed by atoms with Crippen molar-refractivity contribution in [2.24, 2.45) is 5.92 Å². The van der Waals surface area contributed by atoms with Gasteiger partial charge in [0.1, 0.15) is 18.5 Å². The van der Waals surface area contributed by atoms with Gasteiger partial charge in [-0.2, -0.15) is 10.2 Å². The number of nitrogens with zero attached hydrogens (tertiary/aromatic N) is 8. The molecule has 9 heteroatoms. The molecular weight excluding hydrogens is 342 g/mol. The summed E-state index contributed by atoms with van der Waals surface area (Å²) >= 11 is 0. The van der Waals surface area contributed by atoms with E-state index in [0.717, 1.165) is 44.1 Å². The summed E-state index contributed by atoms with van der Waals surface area (Å²) in [5, 5.41) is 16.3. The molecule has 0 saturated carbocycles. The fraction of sp³-hybridized carbons (Fsp3) is 0.444. The van der Waals surface area contributed by atoms with Gasteiger partial charge in [-0.15, -0.1) is 5.10 Å². The Balaban J connectivity index is 1.16. The van der Waals surface area contributed by atoms with Crippen LogP contribution in [-0.2, 0) is 12.8 Å². The van der Waals surface area contributed by atoms with Crippen molar-refractivity contribution in [3.63, 3.8) is 0 Å². The molecule has 1 saturated heterocycles. The molecule has 1 aliphatic carbocycles. The fourth-order valence-corrected chi connectivity index (χ4v) is 3.65. The molecule has 1 aliphatic heterocycles. The van der Waals surface area contributed by atoms with E-state index < -0.39 is 0 Å². The SMILES string of the molecule is c1ncn(-c2cncc(NCC3CN(c4cc5c(nn4)CCCC5)C3)n2)n1. The molecule has 138 valence electrons. The molecule has 0 bridgehead atoms. The van der Waals surface area contributed by atoms with Gasteiger partial charge in [0, 0.05) is 25.6 Å². The molecule has 1 N–H and O–H groups in total. The Kier molecular flexibility index (Phi) is 4.11. The zero-order valence-corrected chi connectivity index (χ0v) is 15.0. The van der Waals surface area contributed by atoms with E-state index in [1.165, 1.54) is 30.4 Å². The van der Waals surface area contributed by atoms with Crippen molar-refractivity contribution in [2.75, 3.05) is 29.9 Å². The zero-order chi connectivity index (χ0) is 18.1. The first-order chi connectivity index (χ1) is 13.3. The smallest absolute Gasteiger partial charge is 0.175 e. The Morgan fingerprint density at radius 2 is 1.96 bits per heavy atom. The van der Waals surface area contributed by atoms with Crippen LogP contribution < -0.4 is 10.2 Å². The molecule has 1 fully saturated rings. The Bertz CT molecular complexity index is 918. The molecule has 0 aromatic carbocycles. The minimum Gasteiger partial charge on any atom is -0.368 e. The number of hydrogen-bond donors (Lipinski definition) is 1. The van der Waals surface area contributed by atoms with E-state index in [9.17, 15) is 0 Å². The first-order valence-electron chi connectivity index (χ1n) is 9.36. The van der Waals surface area contributed by atoms with Crippen LogP contribution in [0, 0.1) is 5.92 Å². The Morgan fingerprint density at radius 1 is 1.04 bits per heavy atom. The second-order valence-electron chi connectivity index (χ2n) is 7.14. The lowest BCUT2D eigenvalue weighted by molar-refractivity contribution is 0.424. The highest BCUT2D eigenvalue weighted by atomic mass is 15.3. The number of anilines is 2. The van der Waals surface area contributed by atoms with Crippen molar-refractivity contribution < 1.29 is 0 Å². The topological polar surface area (TPSA) is 97.5 Å². The predicted molar refractivity (Wildman–Crippen MR) is 99.8 cm³/mol. The van der Waals surface area contributed by atoms with Crippen molar-refractivity contribution in [2.45, 2.75) is 25.7 Å². The monoisotopic (exact) mass is 363 g/mol. The summed E-state index contributed by atoms with van der Waals surface area (Å²) < 4.78 is 1.60. The first kappa shape index (κ1) is 16.1. The minimum atomic E-state index is 0.555. The van der Waals surface area contributed by atoms with Crippen LogP contribution in [0.4, 0.5) is 11.6 Å². The number of nitrogens with one attached hydrogen (secondary N) is 1. The third-order valence-corrected chi connectivity index (χ3v) is 5.19. The van der Waals surface area contributed by atoms with E-state index in [2.05, 4.69) is 46.5 Å². The van der Waals surface area contributed by atoms with Crippen LogP contribution in [0.15, 0.2) is 31.1 Å². The number of aromatic nitrogens is 7. The van der Waals surface area contributed by atoms with Crippen LogP contribution in [0.2, 0.25) is 0 Å². The molecule has 9 nitrogen and oxygen atoms in total. The van der Waals surface area contributed by atoms with E-state index >= 15 is 0 Å². The maximum absolute atomic E-state index is 4.52. The molecule has 5 rings (SSSR count). The second kappa shape index (κ2) is 6.90. The van der Waals surface area contributed by atoms with Crippen molar-refractivity contribution in [1.29, 1.82) is 0 Å². The fourth-order valence-electron chi connectivity index (χ4n) is 3.65. The van der Waals surface area contributed by atoms with Gasteiger partial charge in [-0.25, -0.2) is 14.6 Å². The highest BCUT2D eigenvalue weighted by Gasteiger charge is 2.28. The molecule has 3 aromatic rings. The lowest BCUT2D eigenvalue weighted by Gasteiger charge is -2.40. The lowest BCUT2D eigenvalue weighted by atomic mass is 9.95. The van der Waals surface area contributed by atoms with Crippen LogP contribution >= 0.6 is 0 Å². The number of hydrogen-bond acceptors (Lipinski definition) is 8. The van der Waals surface area contributed by atoms with Gasteiger partial charge in [0.15, 0.2) is 11.6 Å². The maximum atomic E-state index is 4.52. The summed E-state index contributed by atoms with van der Waals surface area (Å²) in [4.78, 5) is 15.0. The van der Waals surface area contributed by atoms with E-state index in [4.69, 9.17) is 0 Å². The van der Waals surface area contributed by atoms with E-state index in [-0.39, 0.29) is 0 Å². The van der Waals surface area contributed by atoms with Crippen LogP contribution in [0.1, 0.15) is 24.1 Å². The van der Waals surface area contributed by atoms with Gasteiger partial charge in [0.2, 0.25) is 0 Å². The Labute approximate surface area is 156 Å². The third kappa shape index (κ3) is 3.32. The lowest BCUT2D eigenvalue weighted by Crippen LogP contribution is -2.50. The largest absolute Gasteiger partial charge is 0.368 e. The number of rotatable bonds is 5. The van der Waals surface area contributed by atoms with E-state index in [0.29, 0.717) is 11.7 Å². The van der Waals surface area contributed by atoms with Crippen LogP contribution in [0.25, 0.3) is 5.82 Å². The molecule has 0 unspecified atom stereocenters. The Morgan fingerprint density at radius 3 is 2.85 bits per heavy atom. The molecule has 0 amide bonds. The molecule has 27 heavy (non-hydrogen) atoms. The average molecular weight is 363 g/mol. The van der Waals surface area contributed by atoms with Crippen molar-refractivity contribution >= 4 is 11.6 Å². The van der Waals surface area contributed by atoms with Crippen LogP contribution in [-0.4, -0.2) is 54.6 Å². The van der Waals surface area contributed by atoms with Crippen molar-refractivity contribution in [3.05, 3.63) is 42.4 Å². The highest BCUT2D eigenvalue weighted by molar-refractivity contribution is 5.45. The second-order valence-corrected chi connectivity index (χ2v) is 7.14. The summed E-state index contributed by atoms with van der Waals surface area (Å²) in [5.74, 6) is 2.96. The van der Waals surface area contributed by atoms with Gasteiger partial charge < -0.3 is 10.2 Å². The van der Waals surface area contributed by atoms with Gasteiger partial charge >= 0.3 is 0 Å². The molecule has 2 aliphatic rings. The molecular formula is C18H21N9. The molecule has 3 aromatic heterocycles. The van der Waals surface area contributed by atoms with Gasteiger partial charge in [0.05, 0.1) is 18.1 Å². The third-order valence-electron chi connectivity index (χ3n) is 5.19. The van der Waals surface area contributed by atoms with Gasteiger partial charge in [0.25, 0.3) is 0 Å². The maximum Gasteiger partial charge on any atom is 0.175 e. The molecule has 4 heterocycles. The summed E-state index contributed by atoms with van der Waals surface area (Å²) in [6.07, 6.45) is 11.2. The predicted octanol–water partition coefficient (Wildman–Crippen LogP) is 1.27. The summed E-state index contributed by atoms with van der Waals surface area (Å²) in [5.41, 5.74) is 2.57. The number of fused-ring (bicyclic) bond motifs is 1. The van der Waals surface area contributed by atoms with Gasteiger partial charge in [-0.05, 0) is 37.3 Å². The minimum absolute atomic E-state index is 0.555. The molecule has 0 atom stereocenters. The van der Waals surface area contributed by atoms with Crippen molar-refractivity contribution in [3.8, 4) is 5.82 Å². The standard InChI is InChI=1S/C18H21N9/c1-2-4-15-14(3-1)5-17(25-24-15)26-9-13(10-26)6-21-16-7-19-8-18(23-16)27-12-20-11-22-27/h5,7-8,11-13H,1-4,6,9-10H2,(H,21,23). The van der Waals surface area contributed by atoms with E-state index in [1.54, 1.807) is 23.4 Å². The normalized spacial score (nSPS) is 16.7. The average Bonchev–Trinajstić information content (AvgIpc) is 3.22. The summed E-state index contributed by atoms with van der Waals surface area (Å²) in [6, 6.07) is 2.23. The van der Waals surface area contributed by atoms with Gasteiger partial charge in [-0.3, -0.25) is 4.98 Å². The quantitative estimate of drug-likeness (QED) is 0.724. The van der Waals surface area contributed by atoms with Crippen molar-refractivity contribution in [1.82, 2.24) is 34.9 Å². The molecule has 0 spiro atoms.